The summed E-state index contributed by atoms with van der Waals surface area (Å²) >= 11 is 0. The largest absolute Gasteiger partial charge is 0.458 e. The minimum absolute atomic E-state index is 0.463. The van der Waals surface area contributed by atoms with Crippen LogP contribution in [-0.2, 0) is 9.53 Å². The fourth-order valence-corrected chi connectivity index (χ4v) is 4.53. The Bertz CT molecular complexity index is 1290. The number of rotatable bonds is 5. The molecule has 0 unspecified atom stereocenters. The van der Waals surface area contributed by atoms with Crippen molar-refractivity contribution in [1.82, 2.24) is 9.97 Å². The van der Waals surface area contributed by atoms with Gasteiger partial charge in [0.1, 0.15) is 30.1 Å². The molecule has 2 heterocycles. The number of aliphatic hydroxyl groups excluding tert-OH is 1. The molecule has 5 rings (SSSR count). The van der Waals surface area contributed by atoms with Crippen molar-refractivity contribution < 1.29 is 19.1 Å². The molecule has 0 amide bonds. The van der Waals surface area contributed by atoms with Crippen molar-refractivity contribution in [2.75, 3.05) is 11.9 Å². The SMILES string of the molecule is CC(C)(C)OC(=O)CO.c1ccc(-c2oc3ncnc(NC4CCCCC4)c3c2-c2ccccc2)cc1. The second-order valence-electron chi connectivity index (χ2n) is 10.2. The number of benzene rings is 2. The first-order chi connectivity index (χ1) is 17.9. The molecule has 2 N–H and O–H groups in total. The minimum Gasteiger partial charge on any atom is -0.458 e. The highest BCUT2D eigenvalue weighted by atomic mass is 16.6. The van der Waals surface area contributed by atoms with Crippen LogP contribution in [0.4, 0.5) is 5.82 Å². The summed E-state index contributed by atoms with van der Waals surface area (Å²) in [7, 11) is 0. The van der Waals surface area contributed by atoms with Gasteiger partial charge >= 0.3 is 5.97 Å². The van der Waals surface area contributed by atoms with Crippen LogP contribution in [0, 0.1) is 0 Å². The van der Waals surface area contributed by atoms with E-state index in [2.05, 4.69) is 51.7 Å². The van der Waals surface area contributed by atoms with Gasteiger partial charge in [-0.2, -0.15) is 0 Å². The van der Waals surface area contributed by atoms with E-state index in [0.717, 1.165) is 33.7 Å². The first kappa shape index (κ1) is 26.4. The number of anilines is 1. The average molecular weight is 502 g/mol. The van der Waals surface area contributed by atoms with Crippen LogP contribution in [0.25, 0.3) is 33.6 Å². The summed E-state index contributed by atoms with van der Waals surface area (Å²) in [5, 5.41) is 12.9. The first-order valence-electron chi connectivity index (χ1n) is 12.8. The lowest BCUT2D eigenvalue weighted by molar-refractivity contribution is -0.158. The number of hydrogen-bond donors (Lipinski definition) is 2. The third-order valence-electron chi connectivity index (χ3n) is 6.08. The monoisotopic (exact) mass is 501 g/mol. The number of aromatic nitrogens is 2. The van der Waals surface area contributed by atoms with E-state index in [1.165, 1.54) is 32.1 Å². The Hall–Kier alpha value is -3.71. The second kappa shape index (κ2) is 12.0. The Morgan fingerprint density at radius 2 is 1.59 bits per heavy atom. The maximum atomic E-state index is 10.4. The van der Waals surface area contributed by atoms with Gasteiger partial charge in [0.2, 0.25) is 5.71 Å². The zero-order valence-corrected chi connectivity index (χ0v) is 21.7. The predicted octanol–water partition coefficient (Wildman–Crippen LogP) is 6.62. The van der Waals surface area contributed by atoms with E-state index in [1.54, 1.807) is 27.1 Å². The third kappa shape index (κ3) is 6.95. The summed E-state index contributed by atoms with van der Waals surface area (Å²) in [6.07, 6.45) is 7.86. The van der Waals surface area contributed by atoms with Crippen LogP contribution in [0.5, 0.6) is 0 Å². The van der Waals surface area contributed by atoms with Gasteiger partial charge in [0.25, 0.3) is 0 Å². The molecular formula is C30H35N3O4. The Morgan fingerprint density at radius 3 is 2.16 bits per heavy atom. The Labute approximate surface area is 217 Å². The van der Waals surface area contributed by atoms with Crippen LogP contribution in [0.1, 0.15) is 52.9 Å². The number of ether oxygens (including phenoxy) is 1. The number of carbonyl (C=O) groups excluding carboxylic acids is 1. The van der Waals surface area contributed by atoms with E-state index in [4.69, 9.17) is 14.3 Å². The van der Waals surface area contributed by atoms with Crippen molar-refractivity contribution in [2.24, 2.45) is 0 Å². The van der Waals surface area contributed by atoms with Gasteiger partial charge < -0.3 is 19.6 Å². The summed E-state index contributed by atoms with van der Waals surface area (Å²) < 4.78 is 11.0. The Morgan fingerprint density at radius 1 is 0.973 bits per heavy atom. The molecule has 7 heteroatoms. The van der Waals surface area contributed by atoms with E-state index in [9.17, 15) is 4.79 Å². The number of aliphatic hydroxyl groups is 1. The maximum absolute atomic E-state index is 10.4. The first-order valence-corrected chi connectivity index (χ1v) is 12.8. The molecule has 0 aliphatic heterocycles. The molecule has 0 radical (unpaired) electrons. The molecular weight excluding hydrogens is 466 g/mol. The lowest BCUT2D eigenvalue weighted by atomic mass is 9.95. The molecule has 1 saturated carbocycles. The van der Waals surface area contributed by atoms with Gasteiger partial charge in [-0.05, 0) is 39.2 Å². The third-order valence-corrected chi connectivity index (χ3v) is 6.08. The summed E-state index contributed by atoms with van der Waals surface area (Å²) in [4.78, 5) is 19.4. The van der Waals surface area contributed by atoms with Crippen molar-refractivity contribution >= 4 is 22.9 Å². The predicted molar refractivity (Wildman–Crippen MR) is 146 cm³/mol. The average Bonchev–Trinajstić information content (AvgIpc) is 3.30. The molecule has 1 fully saturated rings. The van der Waals surface area contributed by atoms with Crippen molar-refractivity contribution in [1.29, 1.82) is 0 Å². The number of esters is 1. The summed E-state index contributed by atoms with van der Waals surface area (Å²) in [5.74, 6) is 1.14. The highest BCUT2D eigenvalue weighted by Crippen LogP contribution is 2.42. The van der Waals surface area contributed by atoms with Crippen molar-refractivity contribution in [3.05, 3.63) is 67.0 Å². The maximum Gasteiger partial charge on any atom is 0.332 e. The molecule has 37 heavy (non-hydrogen) atoms. The molecule has 1 aliphatic rings. The van der Waals surface area contributed by atoms with Crippen LogP contribution in [0.3, 0.4) is 0 Å². The number of nitrogens with zero attached hydrogens (tertiary/aromatic N) is 2. The fourth-order valence-electron chi connectivity index (χ4n) is 4.53. The quantitative estimate of drug-likeness (QED) is 0.297. The molecule has 0 saturated heterocycles. The molecule has 0 atom stereocenters. The van der Waals surface area contributed by atoms with Gasteiger partial charge in [-0.1, -0.05) is 79.9 Å². The summed E-state index contributed by atoms with van der Waals surface area (Å²) in [5.41, 5.74) is 3.36. The van der Waals surface area contributed by atoms with Gasteiger partial charge in [0.05, 0.1) is 5.39 Å². The zero-order valence-electron chi connectivity index (χ0n) is 21.7. The standard InChI is InChI=1S/C24H23N3O.C6H12O3/c1-4-10-17(11-5-1)20-21-23(27-19-14-8-3-9-15-19)25-16-26-24(21)28-22(20)18-12-6-2-7-13-18;1-6(2,3)9-5(8)4-7/h1-2,4-7,10-13,16,19H,3,8-9,14-15H2,(H,25,26,27);7H,4H2,1-3H3. The van der Waals surface area contributed by atoms with Crippen LogP contribution >= 0.6 is 0 Å². The van der Waals surface area contributed by atoms with Crippen LogP contribution < -0.4 is 5.32 Å². The van der Waals surface area contributed by atoms with Gasteiger partial charge in [-0.3, -0.25) is 0 Å². The summed E-state index contributed by atoms with van der Waals surface area (Å²) in [6, 6.07) is 21.1. The van der Waals surface area contributed by atoms with Crippen molar-refractivity contribution in [3.63, 3.8) is 0 Å². The van der Waals surface area contributed by atoms with Gasteiger partial charge in [-0.25, -0.2) is 14.8 Å². The molecule has 1 aliphatic carbocycles. The number of nitrogens with one attached hydrogen (secondary N) is 1. The minimum atomic E-state index is -0.581. The van der Waals surface area contributed by atoms with Gasteiger partial charge in [-0.15, -0.1) is 0 Å². The van der Waals surface area contributed by atoms with E-state index in [-0.39, 0.29) is 0 Å². The van der Waals surface area contributed by atoms with Gasteiger partial charge in [0.15, 0.2) is 0 Å². The molecule has 7 nitrogen and oxygen atoms in total. The molecule has 0 spiro atoms. The van der Waals surface area contributed by atoms with Gasteiger partial charge in [0, 0.05) is 17.2 Å². The van der Waals surface area contributed by atoms with E-state index >= 15 is 0 Å². The van der Waals surface area contributed by atoms with E-state index in [1.807, 2.05) is 24.3 Å². The smallest absolute Gasteiger partial charge is 0.332 e. The number of furan rings is 1. The van der Waals surface area contributed by atoms with Crippen LogP contribution in [-0.4, -0.2) is 39.3 Å². The lowest BCUT2D eigenvalue weighted by Gasteiger charge is -2.23. The normalized spacial score (nSPS) is 14.1. The molecule has 194 valence electrons. The molecule has 2 aromatic heterocycles. The van der Waals surface area contributed by atoms with Crippen molar-refractivity contribution in [3.8, 4) is 22.5 Å². The fraction of sp³-hybridized carbons (Fsp3) is 0.367. The van der Waals surface area contributed by atoms with Crippen LogP contribution in [0.2, 0.25) is 0 Å². The Balaban J connectivity index is 0.000000307. The zero-order chi connectivity index (χ0) is 26.3. The Kier molecular flexibility index (Phi) is 8.56. The molecule has 0 bridgehead atoms. The van der Waals surface area contributed by atoms with E-state index < -0.39 is 18.2 Å². The number of hydrogen-bond acceptors (Lipinski definition) is 7. The van der Waals surface area contributed by atoms with Crippen molar-refractivity contribution in [2.45, 2.75) is 64.5 Å². The number of fused-ring (bicyclic) bond motifs is 1. The second-order valence-corrected chi connectivity index (χ2v) is 10.2. The highest BCUT2D eigenvalue weighted by molar-refractivity contribution is 6.05. The lowest BCUT2D eigenvalue weighted by Crippen LogP contribution is -2.25. The highest BCUT2D eigenvalue weighted by Gasteiger charge is 2.23. The summed E-state index contributed by atoms with van der Waals surface area (Å²) in [6.45, 7) is 4.71. The van der Waals surface area contributed by atoms with Crippen LogP contribution in [0.15, 0.2) is 71.4 Å². The van der Waals surface area contributed by atoms with E-state index in [0.29, 0.717) is 11.8 Å². The molecule has 2 aromatic carbocycles. The topological polar surface area (TPSA) is 97.5 Å². The molecule has 4 aromatic rings. The number of carbonyl (C=O) groups is 1.